The van der Waals surface area contributed by atoms with E-state index in [4.69, 9.17) is 20.5 Å². The lowest BCUT2D eigenvalue weighted by molar-refractivity contribution is 0.304. The molecule has 1 aromatic rings. The van der Waals surface area contributed by atoms with Crippen LogP contribution in [0.5, 0.6) is 5.75 Å². The lowest BCUT2D eigenvalue weighted by Crippen LogP contribution is -1.98. The first-order valence-electron chi connectivity index (χ1n) is 4.35. The van der Waals surface area contributed by atoms with E-state index >= 15 is 0 Å². The van der Waals surface area contributed by atoms with Crippen molar-refractivity contribution in [1.29, 1.82) is 0 Å². The second-order valence-corrected chi connectivity index (χ2v) is 6.90. The Morgan fingerprint density at radius 3 is 2.87 bits per heavy atom. The molecule has 84 valence electrons. The average Bonchev–Trinajstić information content (AvgIpc) is 2.15. The molecule has 0 aliphatic heterocycles. The van der Waals surface area contributed by atoms with Gasteiger partial charge in [-0.2, -0.15) is 0 Å². The molecule has 0 aromatic heterocycles. The summed E-state index contributed by atoms with van der Waals surface area (Å²) in [7, 11) is 0. The number of rotatable bonds is 5. The van der Waals surface area contributed by atoms with Crippen LogP contribution in [-0.2, 0) is 9.09 Å². The molecule has 0 aliphatic rings. The molecule has 1 rings (SSSR count). The summed E-state index contributed by atoms with van der Waals surface area (Å²) in [5.74, 6) is 0.602. The van der Waals surface area contributed by atoms with Crippen molar-refractivity contribution in [3.63, 3.8) is 0 Å². The Balaban J connectivity index is 2.53. The van der Waals surface area contributed by atoms with Gasteiger partial charge in [0.15, 0.2) is 6.35 Å². The predicted molar refractivity (Wildman–Crippen MR) is 64.7 cm³/mol. The molecule has 15 heavy (non-hydrogen) atoms. The molecular formula is C9H11BrClO3P. The molecule has 0 fully saturated rings. The lowest BCUT2D eigenvalue weighted by atomic mass is 10.3. The van der Waals surface area contributed by atoms with Crippen molar-refractivity contribution in [2.45, 2.75) is 6.92 Å². The zero-order chi connectivity index (χ0) is 11.3. The van der Waals surface area contributed by atoms with E-state index in [2.05, 4.69) is 15.9 Å². The van der Waals surface area contributed by atoms with Gasteiger partial charge in [0.2, 0.25) is 0 Å². The molecule has 0 saturated carbocycles. The highest BCUT2D eigenvalue weighted by atomic mass is 79.9. The molecule has 0 aliphatic carbocycles. The zero-order valence-corrected chi connectivity index (χ0v) is 11.4. The van der Waals surface area contributed by atoms with Crippen LogP contribution in [0.15, 0.2) is 28.7 Å². The maximum absolute atomic E-state index is 11.5. The van der Waals surface area contributed by atoms with Crippen molar-refractivity contribution in [2.75, 3.05) is 13.0 Å². The molecule has 0 N–H and O–H groups in total. The number of benzene rings is 1. The Hall–Kier alpha value is -0.0200. The highest BCUT2D eigenvalue weighted by Crippen LogP contribution is 2.52. The van der Waals surface area contributed by atoms with E-state index < -0.39 is 6.72 Å². The summed E-state index contributed by atoms with van der Waals surface area (Å²) in [4.78, 5) is 0. The van der Waals surface area contributed by atoms with Crippen molar-refractivity contribution in [3.05, 3.63) is 28.7 Å². The molecule has 1 atom stereocenters. The number of ether oxygens (including phenoxy) is 1. The van der Waals surface area contributed by atoms with Gasteiger partial charge in [-0.25, -0.2) is 0 Å². The fraction of sp³-hybridized carbons (Fsp3) is 0.333. The summed E-state index contributed by atoms with van der Waals surface area (Å²) in [5, 5.41) is 0. The number of halogens is 2. The van der Waals surface area contributed by atoms with E-state index in [0.29, 0.717) is 12.4 Å². The maximum Gasteiger partial charge on any atom is 0.326 e. The number of hydrogen-bond donors (Lipinski definition) is 0. The molecule has 0 bridgehead atoms. The first-order valence-corrected chi connectivity index (χ1v) is 7.86. The van der Waals surface area contributed by atoms with E-state index in [1.165, 1.54) is 0 Å². The Morgan fingerprint density at radius 1 is 1.53 bits per heavy atom. The number of hydrogen-bond acceptors (Lipinski definition) is 3. The van der Waals surface area contributed by atoms with Crippen LogP contribution in [0.3, 0.4) is 0 Å². The fourth-order valence-electron chi connectivity index (χ4n) is 0.938. The molecule has 0 heterocycles. The fourth-order valence-corrected chi connectivity index (χ4v) is 2.52. The van der Waals surface area contributed by atoms with Crippen molar-refractivity contribution >= 4 is 33.9 Å². The largest absolute Gasteiger partial charge is 0.482 e. The lowest BCUT2D eigenvalue weighted by Gasteiger charge is -2.11. The van der Waals surface area contributed by atoms with Crippen LogP contribution in [0.4, 0.5) is 0 Å². The summed E-state index contributed by atoms with van der Waals surface area (Å²) in [6.07, 6.45) is -0.126. The van der Waals surface area contributed by atoms with Gasteiger partial charge in [0.25, 0.3) is 0 Å². The quantitative estimate of drug-likeness (QED) is 0.762. The minimum Gasteiger partial charge on any atom is -0.482 e. The van der Waals surface area contributed by atoms with Gasteiger partial charge >= 0.3 is 6.72 Å². The summed E-state index contributed by atoms with van der Waals surface area (Å²) < 4.78 is 22.5. The predicted octanol–water partition coefficient (Wildman–Crippen LogP) is 4.25. The zero-order valence-electron chi connectivity index (χ0n) is 8.15. The van der Waals surface area contributed by atoms with Crippen LogP contribution in [0.25, 0.3) is 0 Å². The van der Waals surface area contributed by atoms with E-state index in [1.54, 1.807) is 19.1 Å². The molecular weight excluding hydrogens is 302 g/mol. The van der Waals surface area contributed by atoms with E-state index in [1.807, 2.05) is 12.1 Å². The Morgan fingerprint density at radius 2 is 2.27 bits per heavy atom. The molecule has 0 saturated heterocycles. The summed E-state index contributed by atoms with van der Waals surface area (Å²) in [6, 6.07) is 7.21. The second-order valence-electron chi connectivity index (χ2n) is 2.74. The van der Waals surface area contributed by atoms with Gasteiger partial charge in [-0.15, -0.1) is 0 Å². The van der Waals surface area contributed by atoms with Crippen LogP contribution in [0.1, 0.15) is 6.92 Å². The van der Waals surface area contributed by atoms with Gasteiger partial charge in [-0.3, -0.25) is 4.57 Å². The molecule has 1 aromatic carbocycles. The second kappa shape index (κ2) is 5.90. The van der Waals surface area contributed by atoms with Crippen molar-refractivity contribution in [2.24, 2.45) is 0 Å². The Bertz CT molecular complexity index is 372. The smallest absolute Gasteiger partial charge is 0.326 e. The van der Waals surface area contributed by atoms with Gasteiger partial charge in [0.1, 0.15) is 5.75 Å². The first kappa shape index (κ1) is 13.0. The molecule has 0 radical (unpaired) electrons. The van der Waals surface area contributed by atoms with Crippen LogP contribution >= 0.6 is 33.9 Å². The molecule has 6 heteroatoms. The van der Waals surface area contributed by atoms with Crippen molar-refractivity contribution in [3.8, 4) is 5.75 Å². The third-order valence-corrected chi connectivity index (χ3v) is 3.66. The van der Waals surface area contributed by atoms with Crippen LogP contribution in [-0.4, -0.2) is 13.0 Å². The van der Waals surface area contributed by atoms with Gasteiger partial charge < -0.3 is 9.26 Å². The van der Waals surface area contributed by atoms with E-state index in [9.17, 15) is 4.57 Å². The van der Waals surface area contributed by atoms with Gasteiger partial charge in [0, 0.05) is 4.47 Å². The monoisotopic (exact) mass is 312 g/mol. The van der Waals surface area contributed by atoms with Gasteiger partial charge in [-0.1, -0.05) is 22.0 Å². The minimum atomic E-state index is -3.14. The van der Waals surface area contributed by atoms with E-state index in [0.717, 1.165) is 4.47 Å². The van der Waals surface area contributed by atoms with Crippen molar-refractivity contribution < 1.29 is 13.8 Å². The molecule has 0 amide bonds. The van der Waals surface area contributed by atoms with Crippen LogP contribution in [0, 0.1) is 0 Å². The normalized spacial score (nSPS) is 14.6. The molecule has 0 spiro atoms. The maximum atomic E-state index is 11.5. The summed E-state index contributed by atoms with van der Waals surface area (Å²) in [6.45, 7) is -1.10. The van der Waals surface area contributed by atoms with Crippen molar-refractivity contribution in [1.82, 2.24) is 0 Å². The highest BCUT2D eigenvalue weighted by Gasteiger charge is 2.19. The Labute approximate surface area is 102 Å². The molecule has 3 nitrogen and oxygen atoms in total. The first-order chi connectivity index (χ1) is 7.03. The third kappa shape index (κ3) is 5.03. The standard InChI is InChI=1S/C9H11BrClO3P/c1-2-14-15(11,12)7-13-9-5-3-4-8(10)6-9/h3-6H,2,7H2,1H3. The minimum absolute atomic E-state index is 0.126. The van der Waals surface area contributed by atoms with E-state index in [-0.39, 0.29) is 6.35 Å². The Kier molecular flexibility index (Phi) is 5.13. The SMILES string of the molecule is CCOP(=O)(Cl)COc1cccc(Br)c1. The van der Waals surface area contributed by atoms with Crippen LogP contribution in [0.2, 0.25) is 0 Å². The summed E-state index contributed by atoms with van der Waals surface area (Å²) >= 11 is 8.92. The topological polar surface area (TPSA) is 35.5 Å². The van der Waals surface area contributed by atoms with Crippen LogP contribution < -0.4 is 4.74 Å². The average molecular weight is 314 g/mol. The molecule has 1 unspecified atom stereocenters. The van der Waals surface area contributed by atoms with Gasteiger partial charge in [0.05, 0.1) is 6.61 Å². The van der Waals surface area contributed by atoms with Gasteiger partial charge in [-0.05, 0) is 36.4 Å². The summed E-state index contributed by atoms with van der Waals surface area (Å²) in [5.41, 5.74) is 0. The highest BCUT2D eigenvalue weighted by molar-refractivity contribution is 9.10. The third-order valence-electron chi connectivity index (χ3n) is 1.50.